The Labute approximate surface area is 83.6 Å². The molecule has 0 aliphatic carbocycles. The van der Waals surface area contributed by atoms with Crippen molar-refractivity contribution in [1.82, 2.24) is 0 Å². The van der Waals surface area contributed by atoms with Gasteiger partial charge in [-0.05, 0) is 32.0 Å². The van der Waals surface area contributed by atoms with Crippen molar-refractivity contribution >= 4 is 6.21 Å². The van der Waals surface area contributed by atoms with Crippen molar-refractivity contribution in [2.24, 2.45) is 4.99 Å². The summed E-state index contributed by atoms with van der Waals surface area (Å²) in [7, 11) is 0. The Morgan fingerprint density at radius 1 is 1.43 bits per heavy atom. The average Bonchev–Trinajstić information content (AvgIpc) is 2.16. The minimum absolute atomic E-state index is 0.468. The molecule has 14 heavy (non-hydrogen) atoms. The molecule has 1 aliphatic rings. The first-order valence-corrected chi connectivity index (χ1v) is 4.46. The van der Waals surface area contributed by atoms with Gasteiger partial charge >= 0.3 is 0 Å². The van der Waals surface area contributed by atoms with Gasteiger partial charge in [0.25, 0.3) is 0 Å². The third kappa shape index (κ3) is 1.49. The van der Waals surface area contributed by atoms with Crippen LogP contribution in [0.1, 0.15) is 25.0 Å². The topological polar surface area (TPSA) is 21.6 Å². The van der Waals surface area contributed by atoms with Crippen molar-refractivity contribution in [2.75, 3.05) is 0 Å². The largest absolute Gasteiger partial charge is 0.466 e. The van der Waals surface area contributed by atoms with Gasteiger partial charge in [0.05, 0.1) is 0 Å². The Hall–Kier alpha value is -1.75. The zero-order valence-electron chi connectivity index (χ0n) is 8.24. The van der Waals surface area contributed by atoms with E-state index in [-0.39, 0.29) is 0 Å². The summed E-state index contributed by atoms with van der Waals surface area (Å²) in [4.78, 5) is 4.26. The third-order valence-corrected chi connectivity index (χ3v) is 2.05. The fourth-order valence-electron chi connectivity index (χ4n) is 1.35. The van der Waals surface area contributed by atoms with Crippen LogP contribution in [0.15, 0.2) is 23.2 Å². The zero-order valence-corrected chi connectivity index (χ0v) is 8.24. The number of rotatable bonds is 0. The normalized spacial score (nSPS) is 16.6. The molecule has 2 heteroatoms. The van der Waals surface area contributed by atoms with E-state index in [4.69, 9.17) is 11.2 Å². The molecule has 1 heterocycles. The van der Waals surface area contributed by atoms with Crippen LogP contribution in [0.25, 0.3) is 0 Å². The summed E-state index contributed by atoms with van der Waals surface area (Å²) in [5.41, 5.74) is 1.32. The lowest BCUT2D eigenvalue weighted by molar-refractivity contribution is 0.116. The Morgan fingerprint density at radius 2 is 2.21 bits per heavy atom. The van der Waals surface area contributed by atoms with E-state index >= 15 is 0 Å². The number of hydrogen-bond acceptors (Lipinski definition) is 2. The number of fused-ring (bicyclic) bond motifs is 1. The summed E-state index contributed by atoms with van der Waals surface area (Å²) in [6.45, 7) is 3.84. The molecule has 70 valence electrons. The molecule has 1 aromatic rings. The van der Waals surface area contributed by atoms with Gasteiger partial charge in [0.15, 0.2) is 5.72 Å². The summed E-state index contributed by atoms with van der Waals surface area (Å²) in [5, 5.41) is 0. The number of nitrogens with zero attached hydrogens (tertiary/aromatic N) is 1. The van der Waals surface area contributed by atoms with E-state index in [1.807, 2.05) is 32.0 Å². The fraction of sp³-hybridized carbons (Fsp3) is 0.250. The van der Waals surface area contributed by atoms with Gasteiger partial charge < -0.3 is 4.74 Å². The molecule has 0 saturated carbocycles. The van der Waals surface area contributed by atoms with Gasteiger partial charge in [0.1, 0.15) is 5.75 Å². The molecular weight excluding hydrogens is 174 g/mol. The molecule has 2 rings (SSSR count). The molecule has 2 nitrogen and oxygen atoms in total. The van der Waals surface area contributed by atoms with Gasteiger partial charge in [-0.2, -0.15) is 0 Å². The average molecular weight is 185 g/mol. The first-order valence-electron chi connectivity index (χ1n) is 4.46. The Morgan fingerprint density at radius 3 is 2.93 bits per heavy atom. The molecule has 1 aromatic carbocycles. The second-order valence-electron chi connectivity index (χ2n) is 3.70. The van der Waals surface area contributed by atoms with Crippen molar-refractivity contribution in [2.45, 2.75) is 19.6 Å². The van der Waals surface area contributed by atoms with Crippen molar-refractivity contribution in [3.05, 3.63) is 29.3 Å². The van der Waals surface area contributed by atoms with E-state index < -0.39 is 5.72 Å². The van der Waals surface area contributed by atoms with Crippen molar-refractivity contribution < 1.29 is 4.74 Å². The number of aliphatic imine (C=N–C) groups is 1. The lowest BCUT2D eigenvalue weighted by Crippen LogP contribution is -2.28. The molecule has 0 spiro atoms. The van der Waals surface area contributed by atoms with Gasteiger partial charge in [-0.1, -0.05) is 5.92 Å². The van der Waals surface area contributed by atoms with Crippen molar-refractivity contribution in [1.29, 1.82) is 0 Å². The van der Waals surface area contributed by atoms with E-state index in [0.29, 0.717) is 0 Å². The maximum absolute atomic E-state index is 5.65. The number of benzene rings is 1. The summed E-state index contributed by atoms with van der Waals surface area (Å²) >= 11 is 0. The first kappa shape index (κ1) is 8.83. The minimum atomic E-state index is -0.468. The number of ether oxygens (including phenoxy) is 1. The van der Waals surface area contributed by atoms with Crippen LogP contribution in [0.5, 0.6) is 5.75 Å². The smallest absolute Gasteiger partial charge is 0.194 e. The Kier molecular flexibility index (Phi) is 1.82. The van der Waals surface area contributed by atoms with Crippen LogP contribution in [0.3, 0.4) is 0 Å². The summed E-state index contributed by atoms with van der Waals surface area (Å²) in [5.74, 6) is 3.42. The van der Waals surface area contributed by atoms with Crippen molar-refractivity contribution in [3.63, 3.8) is 0 Å². The second kappa shape index (κ2) is 2.88. The van der Waals surface area contributed by atoms with E-state index in [2.05, 4.69) is 10.9 Å². The molecule has 0 saturated heterocycles. The summed E-state index contributed by atoms with van der Waals surface area (Å²) < 4.78 is 5.65. The Balaban J connectivity index is 2.47. The summed E-state index contributed by atoms with van der Waals surface area (Å²) in [6, 6.07) is 5.65. The molecule has 0 radical (unpaired) electrons. The van der Waals surface area contributed by atoms with Gasteiger partial charge in [0, 0.05) is 17.3 Å². The highest BCUT2D eigenvalue weighted by Crippen LogP contribution is 2.27. The predicted octanol–water partition coefficient (Wildman–Crippen LogP) is 2.22. The molecule has 0 bridgehead atoms. The molecule has 0 atom stereocenters. The van der Waals surface area contributed by atoms with Crippen LogP contribution in [-0.4, -0.2) is 11.9 Å². The zero-order chi connectivity index (χ0) is 10.2. The van der Waals surface area contributed by atoms with E-state index in [9.17, 15) is 0 Å². The standard InChI is InChI=1S/C12H11NO/c1-4-9-5-6-11-10(7-9)8-13-12(2,3)14-11/h1,5-8H,2-3H3. The highest BCUT2D eigenvalue weighted by Gasteiger charge is 2.22. The van der Waals surface area contributed by atoms with E-state index in [1.54, 1.807) is 6.21 Å². The van der Waals surface area contributed by atoms with Crippen LogP contribution >= 0.6 is 0 Å². The van der Waals surface area contributed by atoms with Crippen LogP contribution in [0, 0.1) is 12.3 Å². The molecular formula is C12H11NO. The summed E-state index contributed by atoms with van der Waals surface area (Å²) in [6.07, 6.45) is 7.11. The van der Waals surface area contributed by atoms with E-state index in [1.165, 1.54) is 0 Å². The molecule has 0 amide bonds. The Bertz CT molecular complexity index is 438. The van der Waals surface area contributed by atoms with E-state index in [0.717, 1.165) is 16.9 Å². The van der Waals surface area contributed by atoms with Crippen LogP contribution in [0.4, 0.5) is 0 Å². The molecule has 1 aliphatic heterocycles. The molecule has 0 aromatic heterocycles. The van der Waals surface area contributed by atoms with Gasteiger partial charge in [0.2, 0.25) is 0 Å². The van der Waals surface area contributed by atoms with Gasteiger partial charge in [-0.15, -0.1) is 6.42 Å². The van der Waals surface area contributed by atoms with Crippen LogP contribution in [0.2, 0.25) is 0 Å². The number of hydrogen-bond donors (Lipinski definition) is 0. The SMILES string of the molecule is C#Cc1ccc2c(c1)C=NC(C)(C)O2. The molecule has 0 fully saturated rings. The predicted molar refractivity (Wildman–Crippen MR) is 56.7 cm³/mol. The highest BCUT2D eigenvalue weighted by atomic mass is 16.5. The lowest BCUT2D eigenvalue weighted by atomic mass is 10.1. The van der Waals surface area contributed by atoms with Crippen molar-refractivity contribution in [3.8, 4) is 18.1 Å². The minimum Gasteiger partial charge on any atom is -0.466 e. The monoisotopic (exact) mass is 185 g/mol. The maximum Gasteiger partial charge on any atom is 0.194 e. The molecule has 0 unspecified atom stereocenters. The third-order valence-electron chi connectivity index (χ3n) is 2.05. The second-order valence-corrected chi connectivity index (χ2v) is 3.70. The first-order chi connectivity index (χ1) is 6.61. The lowest BCUT2D eigenvalue weighted by Gasteiger charge is -2.26. The molecule has 0 N–H and O–H groups in total. The van der Waals surface area contributed by atoms with Crippen LogP contribution < -0.4 is 4.74 Å². The quantitative estimate of drug-likeness (QED) is 0.568. The van der Waals surface area contributed by atoms with Gasteiger partial charge in [-0.25, -0.2) is 4.99 Å². The number of terminal acetylenes is 1. The maximum atomic E-state index is 5.65. The van der Waals surface area contributed by atoms with Gasteiger partial charge in [-0.3, -0.25) is 0 Å². The highest BCUT2D eigenvalue weighted by molar-refractivity contribution is 5.85. The fourth-order valence-corrected chi connectivity index (χ4v) is 1.35. The van der Waals surface area contributed by atoms with Crippen LogP contribution in [-0.2, 0) is 0 Å².